The van der Waals surface area contributed by atoms with Crippen molar-refractivity contribution in [3.8, 4) is 5.75 Å². The molecule has 3 rings (SSSR count). The summed E-state index contributed by atoms with van der Waals surface area (Å²) in [5.41, 5.74) is 1.25. The van der Waals surface area contributed by atoms with Gasteiger partial charge in [-0.05, 0) is 51.0 Å². The van der Waals surface area contributed by atoms with E-state index in [9.17, 15) is 30.7 Å². The molecule has 1 aliphatic heterocycles. The number of carboxylic acids is 2. The highest BCUT2D eigenvalue weighted by Gasteiger charge is 2.38. The van der Waals surface area contributed by atoms with E-state index >= 15 is 0 Å². The van der Waals surface area contributed by atoms with Gasteiger partial charge in [0.25, 0.3) is 0 Å². The van der Waals surface area contributed by atoms with Crippen LogP contribution in [0.3, 0.4) is 0 Å². The molecule has 2 N–H and O–H groups in total. The SMILES string of the molecule is Cc1nc(CCN2CCC(Oc3ccc(F)cc3)CC2)c(C)s1.O=C(O)C(F)(F)F.O=C(O)C(F)(F)F. The number of alkyl halides is 6. The zero-order chi connectivity index (χ0) is 28.4. The molecule has 0 atom stereocenters. The molecular formula is C22H25F7N2O5S. The van der Waals surface area contributed by atoms with Crippen molar-refractivity contribution in [3.05, 3.63) is 45.7 Å². The molecule has 1 aromatic heterocycles. The van der Waals surface area contributed by atoms with Gasteiger partial charge >= 0.3 is 24.3 Å². The first-order valence-corrected chi connectivity index (χ1v) is 11.5. The second-order valence-electron chi connectivity index (χ2n) is 7.70. The van der Waals surface area contributed by atoms with E-state index < -0.39 is 24.3 Å². The number of carbonyl (C=O) groups is 2. The number of carboxylic acid groups (broad SMARTS) is 2. The van der Waals surface area contributed by atoms with Gasteiger partial charge in [-0.15, -0.1) is 11.3 Å². The van der Waals surface area contributed by atoms with Gasteiger partial charge in [0.2, 0.25) is 0 Å². The van der Waals surface area contributed by atoms with Gasteiger partial charge in [-0.3, -0.25) is 0 Å². The van der Waals surface area contributed by atoms with Crippen LogP contribution in [0.2, 0.25) is 0 Å². The van der Waals surface area contributed by atoms with Crippen molar-refractivity contribution >= 4 is 23.3 Å². The molecule has 1 aliphatic rings. The lowest BCUT2D eigenvalue weighted by atomic mass is 10.1. The topological polar surface area (TPSA) is 100.0 Å². The number of halogens is 7. The number of benzene rings is 1. The number of aliphatic carboxylic acids is 2. The Kier molecular flexibility index (Phi) is 12.2. The number of hydrogen-bond acceptors (Lipinski definition) is 6. The normalized spacial score (nSPS) is 14.6. The van der Waals surface area contributed by atoms with Crippen LogP contribution in [0.4, 0.5) is 30.7 Å². The molecule has 0 saturated carbocycles. The Morgan fingerprint density at radius 1 is 1.00 bits per heavy atom. The molecule has 0 amide bonds. The van der Waals surface area contributed by atoms with E-state index in [-0.39, 0.29) is 11.9 Å². The molecule has 0 spiro atoms. The summed E-state index contributed by atoms with van der Waals surface area (Å²) >= 11 is 1.78. The lowest BCUT2D eigenvalue weighted by molar-refractivity contribution is -0.193. The minimum Gasteiger partial charge on any atom is -0.490 e. The quantitative estimate of drug-likeness (QED) is 0.480. The Labute approximate surface area is 211 Å². The summed E-state index contributed by atoms with van der Waals surface area (Å²) in [4.78, 5) is 26.2. The van der Waals surface area contributed by atoms with E-state index in [1.807, 2.05) is 0 Å². The number of thiazole rings is 1. The first-order chi connectivity index (χ1) is 17.0. The number of piperidine rings is 1. The molecule has 1 fully saturated rings. The number of ether oxygens (including phenoxy) is 1. The number of aryl methyl sites for hydroxylation is 2. The maximum Gasteiger partial charge on any atom is 0.490 e. The summed E-state index contributed by atoms with van der Waals surface area (Å²) in [5.74, 6) is -4.97. The Morgan fingerprint density at radius 2 is 1.46 bits per heavy atom. The monoisotopic (exact) mass is 562 g/mol. The van der Waals surface area contributed by atoms with Gasteiger partial charge in [-0.25, -0.2) is 19.0 Å². The minimum absolute atomic E-state index is 0.222. The summed E-state index contributed by atoms with van der Waals surface area (Å²) in [6.45, 7) is 7.39. The Morgan fingerprint density at radius 3 is 1.84 bits per heavy atom. The average molecular weight is 563 g/mol. The van der Waals surface area contributed by atoms with E-state index in [0.29, 0.717) is 0 Å². The minimum atomic E-state index is -5.08. The molecule has 0 aliphatic carbocycles. The van der Waals surface area contributed by atoms with Crippen molar-refractivity contribution in [3.63, 3.8) is 0 Å². The molecule has 1 aromatic carbocycles. The summed E-state index contributed by atoms with van der Waals surface area (Å²) < 4.78 is 82.3. The van der Waals surface area contributed by atoms with Crippen molar-refractivity contribution in [2.75, 3.05) is 19.6 Å². The summed E-state index contributed by atoms with van der Waals surface area (Å²) in [6.07, 6.45) is -6.86. The van der Waals surface area contributed by atoms with E-state index in [2.05, 4.69) is 23.7 Å². The Balaban J connectivity index is 0.000000404. The summed E-state index contributed by atoms with van der Waals surface area (Å²) in [7, 11) is 0. The fourth-order valence-electron chi connectivity index (χ4n) is 3.02. The zero-order valence-corrected chi connectivity index (χ0v) is 20.5. The molecule has 15 heteroatoms. The van der Waals surface area contributed by atoms with Crippen LogP contribution in [-0.4, -0.2) is 70.1 Å². The average Bonchev–Trinajstić information content (AvgIpc) is 3.11. The van der Waals surface area contributed by atoms with Crippen LogP contribution >= 0.6 is 11.3 Å². The lowest BCUT2D eigenvalue weighted by Gasteiger charge is -2.32. The number of nitrogens with zero attached hydrogens (tertiary/aromatic N) is 2. The highest BCUT2D eigenvalue weighted by Crippen LogP contribution is 2.21. The van der Waals surface area contributed by atoms with E-state index in [1.54, 1.807) is 23.5 Å². The maximum absolute atomic E-state index is 12.9. The van der Waals surface area contributed by atoms with Gasteiger partial charge in [0.05, 0.1) is 10.7 Å². The van der Waals surface area contributed by atoms with E-state index in [1.165, 1.54) is 22.7 Å². The van der Waals surface area contributed by atoms with Crippen LogP contribution in [0.15, 0.2) is 24.3 Å². The molecule has 37 heavy (non-hydrogen) atoms. The van der Waals surface area contributed by atoms with Crippen molar-refractivity contribution in [2.24, 2.45) is 0 Å². The van der Waals surface area contributed by atoms with Crippen LogP contribution in [0.5, 0.6) is 5.75 Å². The highest BCUT2D eigenvalue weighted by atomic mass is 32.1. The predicted octanol–water partition coefficient (Wildman–Crippen LogP) is 5.25. The Hall–Kier alpha value is -2.94. The molecular weight excluding hydrogens is 537 g/mol. The molecule has 0 radical (unpaired) electrons. The third-order valence-corrected chi connectivity index (χ3v) is 5.73. The third-order valence-electron chi connectivity index (χ3n) is 4.80. The highest BCUT2D eigenvalue weighted by molar-refractivity contribution is 7.11. The van der Waals surface area contributed by atoms with E-state index in [0.717, 1.165) is 49.7 Å². The van der Waals surface area contributed by atoms with Crippen molar-refractivity contribution in [1.82, 2.24) is 9.88 Å². The summed E-state index contributed by atoms with van der Waals surface area (Å²) in [5, 5.41) is 15.4. The number of rotatable bonds is 5. The molecule has 7 nitrogen and oxygen atoms in total. The van der Waals surface area contributed by atoms with Gasteiger partial charge in [0.15, 0.2) is 0 Å². The van der Waals surface area contributed by atoms with Crippen LogP contribution < -0.4 is 4.74 Å². The molecule has 208 valence electrons. The van der Waals surface area contributed by atoms with Crippen LogP contribution in [0.25, 0.3) is 0 Å². The maximum atomic E-state index is 12.9. The Bertz CT molecular complexity index is 978. The largest absolute Gasteiger partial charge is 0.490 e. The van der Waals surface area contributed by atoms with Crippen molar-refractivity contribution in [1.29, 1.82) is 0 Å². The van der Waals surface area contributed by atoms with Gasteiger partial charge in [0.1, 0.15) is 17.7 Å². The first-order valence-electron chi connectivity index (χ1n) is 10.7. The lowest BCUT2D eigenvalue weighted by Crippen LogP contribution is -2.39. The zero-order valence-electron chi connectivity index (χ0n) is 19.7. The first kappa shape index (κ1) is 32.1. The van der Waals surface area contributed by atoms with Gasteiger partial charge in [-0.1, -0.05) is 0 Å². The van der Waals surface area contributed by atoms with Crippen LogP contribution in [-0.2, 0) is 16.0 Å². The third kappa shape index (κ3) is 12.7. The van der Waals surface area contributed by atoms with Crippen molar-refractivity contribution < 1.29 is 55.3 Å². The van der Waals surface area contributed by atoms with Crippen molar-refractivity contribution in [2.45, 2.75) is 51.6 Å². The van der Waals surface area contributed by atoms with Crippen LogP contribution in [0, 0.1) is 19.7 Å². The standard InChI is InChI=1S/C18H23FN2OS.2C2HF3O2/c1-13-18(20-14(2)23-13)9-12-21-10-7-17(8-11-21)22-16-5-3-15(19)4-6-16;2*3-2(4,5)1(6)7/h3-6,17H,7-12H2,1-2H3;2*(H,6,7). The predicted molar refractivity (Wildman–Crippen MR) is 119 cm³/mol. The molecule has 2 aromatic rings. The number of likely N-dealkylation sites (tertiary alicyclic amines) is 1. The molecule has 2 heterocycles. The number of hydrogen-bond donors (Lipinski definition) is 2. The second kappa shape index (κ2) is 14.1. The van der Waals surface area contributed by atoms with Gasteiger partial charge < -0.3 is 19.8 Å². The summed E-state index contributed by atoms with van der Waals surface area (Å²) in [6, 6.07) is 6.30. The second-order valence-corrected chi connectivity index (χ2v) is 9.11. The number of aromatic nitrogens is 1. The fourth-order valence-corrected chi connectivity index (χ4v) is 3.89. The molecule has 0 bridgehead atoms. The van der Waals surface area contributed by atoms with Crippen LogP contribution in [0.1, 0.15) is 28.4 Å². The molecule has 0 unspecified atom stereocenters. The van der Waals surface area contributed by atoms with E-state index in [4.69, 9.17) is 24.5 Å². The van der Waals surface area contributed by atoms with Gasteiger partial charge in [0, 0.05) is 30.9 Å². The fraction of sp³-hybridized carbons (Fsp3) is 0.500. The smallest absolute Gasteiger partial charge is 0.490 e. The van der Waals surface area contributed by atoms with Gasteiger partial charge in [-0.2, -0.15) is 26.3 Å². The molecule has 1 saturated heterocycles.